The monoisotopic (exact) mass is 488 g/mol. The van der Waals surface area contributed by atoms with Gasteiger partial charge in [0.1, 0.15) is 11.5 Å². The fourth-order valence-corrected chi connectivity index (χ4v) is 3.64. The Balaban J connectivity index is 1.75. The number of nitrogen functional groups attached to an aromatic ring is 2. The van der Waals surface area contributed by atoms with E-state index in [4.69, 9.17) is 16.2 Å². The third-order valence-corrected chi connectivity index (χ3v) is 5.33. The van der Waals surface area contributed by atoms with E-state index in [0.29, 0.717) is 22.3 Å². The Bertz CT molecular complexity index is 1270. The van der Waals surface area contributed by atoms with Gasteiger partial charge in [-0.1, -0.05) is 48.5 Å². The minimum absolute atomic E-state index is 0.0869. The zero-order valence-corrected chi connectivity index (χ0v) is 17.9. The second-order valence-corrected chi connectivity index (χ2v) is 7.69. The lowest BCUT2D eigenvalue weighted by molar-refractivity contribution is -0.138. The van der Waals surface area contributed by atoms with Crippen LogP contribution in [-0.2, 0) is 12.4 Å². The standard InChI is InChI=1S/C26H18F6N2O/c27-25(28,29)15-9-11-17(21(33)13-15)19-5-1-3-7-23(19)35-24-8-4-2-6-20(24)18-12-10-16(14-22(18)34)26(30,31)32/h1-14H,33-34H2. The molecule has 0 amide bonds. The molecule has 0 aromatic heterocycles. The predicted molar refractivity (Wildman–Crippen MR) is 123 cm³/mol. The number of alkyl halides is 6. The number of rotatable bonds is 4. The molecule has 35 heavy (non-hydrogen) atoms. The fourth-order valence-electron chi connectivity index (χ4n) is 3.64. The van der Waals surface area contributed by atoms with Crippen molar-refractivity contribution in [2.24, 2.45) is 0 Å². The van der Waals surface area contributed by atoms with E-state index in [0.717, 1.165) is 24.3 Å². The Kier molecular flexibility index (Phi) is 6.10. The van der Waals surface area contributed by atoms with E-state index in [1.165, 1.54) is 12.1 Å². The molecule has 0 aliphatic heterocycles. The normalized spacial score (nSPS) is 11.9. The molecule has 4 N–H and O–H groups in total. The van der Waals surface area contributed by atoms with Gasteiger partial charge in [0.25, 0.3) is 0 Å². The summed E-state index contributed by atoms with van der Waals surface area (Å²) in [4.78, 5) is 0. The number of hydrogen-bond acceptors (Lipinski definition) is 3. The van der Waals surface area contributed by atoms with Crippen molar-refractivity contribution in [3.8, 4) is 33.8 Å². The van der Waals surface area contributed by atoms with Gasteiger partial charge in [0.05, 0.1) is 11.1 Å². The van der Waals surface area contributed by atoms with E-state index in [1.54, 1.807) is 48.5 Å². The Hall–Kier alpha value is -4.14. The zero-order chi connectivity index (χ0) is 25.4. The van der Waals surface area contributed by atoms with Crippen molar-refractivity contribution in [3.63, 3.8) is 0 Å². The molecule has 0 atom stereocenters. The van der Waals surface area contributed by atoms with Gasteiger partial charge in [-0.3, -0.25) is 0 Å². The number of nitrogens with two attached hydrogens (primary N) is 2. The van der Waals surface area contributed by atoms with Crippen molar-refractivity contribution in [2.45, 2.75) is 12.4 Å². The van der Waals surface area contributed by atoms with Crippen LogP contribution in [-0.4, -0.2) is 0 Å². The summed E-state index contributed by atoms with van der Waals surface area (Å²) < 4.78 is 84.4. The SMILES string of the molecule is Nc1cc(C(F)(F)F)ccc1-c1ccccc1Oc1ccccc1-c1ccc(C(F)(F)F)cc1N. The summed E-state index contributed by atoms with van der Waals surface area (Å²) in [5.41, 5.74) is 11.5. The highest BCUT2D eigenvalue weighted by molar-refractivity contribution is 5.83. The molecular weight excluding hydrogens is 470 g/mol. The average molecular weight is 488 g/mol. The molecule has 4 rings (SSSR count). The largest absolute Gasteiger partial charge is 0.456 e. The molecule has 0 radical (unpaired) electrons. The molecule has 0 fully saturated rings. The molecular formula is C26H18F6N2O. The summed E-state index contributed by atoms with van der Waals surface area (Å²) in [6.07, 6.45) is -9.08. The molecule has 0 saturated heterocycles. The van der Waals surface area contributed by atoms with Gasteiger partial charge in [0.2, 0.25) is 0 Å². The summed E-state index contributed by atoms with van der Waals surface area (Å²) in [6.45, 7) is 0. The lowest BCUT2D eigenvalue weighted by Crippen LogP contribution is -2.06. The molecule has 0 unspecified atom stereocenters. The summed E-state index contributed by atoms with van der Waals surface area (Å²) in [5, 5.41) is 0. The van der Waals surface area contributed by atoms with E-state index in [-0.39, 0.29) is 22.9 Å². The number of benzene rings is 4. The first-order chi connectivity index (χ1) is 16.4. The van der Waals surface area contributed by atoms with Crippen LogP contribution in [0.15, 0.2) is 84.9 Å². The van der Waals surface area contributed by atoms with Crippen LogP contribution in [0.2, 0.25) is 0 Å². The van der Waals surface area contributed by atoms with E-state index in [2.05, 4.69) is 0 Å². The Morgan fingerprint density at radius 1 is 0.486 bits per heavy atom. The highest BCUT2D eigenvalue weighted by Gasteiger charge is 2.32. The van der Waals surface area contributed by atoms with Crippen LogP contribution in [0.25, 0.3) is 22.3 Å². The summed E-state index contributed by atoms with van der Waals surface area (Å²) in [7, 11) is 0. The van der Waals surface area contributed by atoms with Crippen LogP contribution in [0.5, 0.6) is 11.5 Å². The number of halogens is 6. The van der Waals surface area contributed by atoms with Crippen LogP contribution >= 0.6 is 0 Å². The van der Waals surface area contributed by atoms with E-state index in [1.807, 2.05) is 0 Å². The summed E-state index contributed by atoms with van der Waals surface area (Å²) >= 11 is 0. The van der Waals surface area contributed by atoms with E-state index >= 15 is 0 Å². The third-order valence-electron chi connectivity index (χ3n) is 5.33. The van der Waals surface area contributed by atoms with Gasteiger partial charge in [0.15, 0.2) is 0 Å². The van der Waals surface area contributed by atoms with Crippen molar-refractivity contribution >= 4 is 11.4 Å². The first kappa shape index (κ1) is 24.0. The second-order valence-electron chi connectivity index (χ2n) is 7.69. The van der Waals surface area contributed by atoms with Gasteiger partial charge in [0, 0.05) is 33.6 Å². The molecule has 0 saturated carbocycles. The molecule has 9 heteroatoms. The quantitative estimate of drug-likeness (QED) is 0.226. The highest BCUT2D eigenvalue weighted by Crippen LogP contribution is 2.43. The third kappa shape index (κ3) is 5.03. The molecule has 0 aliphatic rings. The van der Waals surface area contributed by atoms with E-state index in [9.17, 15) is 26.3 Å². The van der Waals surface area contributed by atoms with Crippen molar-refractivity contribution < 1.29 is 31.1 Å². The van der Waals surface area contributed by atoms with Crippen molar-refractivity contribution in [2.75, 3.05) is 11.5 Å². The number of ether oxygens (including phenoxy) is 1. The van der Waals surface area contributed by atoms with Crippen LogP contribution < -0.4 is 16.2 Å². The highest BCUT2D eigenvalue weighted by atomic mass is 19.4. The van der Waals surface area contributed by atoms with E-state index < -0.39 is 23.5 Å². The van der Waals surface area contributed by atoms with Gasteiger partial charge >= 0.3 is 12.4 Å². The van der Waals surface area contributed by atoms with Crippen LogP contribution in [0, 0.1) is 0 Å². The molecule has 0 aliphatic carbocycles. The van der Waals surface area contributed by atoms with Crippen LogP contribution in [0.3, 0.4) is 0 Å². The van der Waals surface area contributed by atoms with Gasteiger partial charge in [-0.15, -0.1) is 0 Å². The molecule has 0 spiro atoms. The molecule has 4 aromatic carbocycles. The van der Waals surface area contributed by atoms with Gasteiger partial charge in [-0.05, 0) is 36.4 Å². The lowest BCUT2D eigenvalue weighted by Gasteiger charge is -2.17. The first-order valence-corrected chi connectivity index (χ1v) is 10.3. The maximum Gasteiger partial charge on any atom is 0.416 e. The lowest BCUT2D eigenvalue weighted by atomic mass is 9.99. The minimum Gasteiger partial charge on any atom is -0.456 e. The minimum atomic E-state index is -4.54. The second kappa shape index (κ2) is 8.90. The van der Waals surface area contributed by atoms with Crippen molar-refractivity contribution in [3.05, 3.63) is 96.1 Å². The Labute approximate surface area is 196 Å². The maximum absolute atomic E-state index is 13.0. The molecule has 4 aromatic rings. The zero-order valence-electron chi connectivity index (χ0n) is 17.9. The summed E-state index contributed by atoms with van der Waals surface area (Å²) in [5.74, 6) is 0.578. The first-order valence-electron chi connectivity index (χ1n) is 10.3. The topological polar surface area (TPSA) is 61.3 Å². The number of anilines is 2. The predicted octanol–water partition coefficient (Wildman–Crippen LogP) is 8.01. The Morgan fingerprint density at radius 3 is 1.20 bits per heavy atom. The van der Waals surface area contributed by atoms with Gasteiger partial charge in [-0.25, -0.2) is 0 Å². The van der Waals surface area contributed by atoms with Crippen molar-refractivity contribution in [1.82, 2.24) is 0 Å². The molecule has 0 bridgehead atoms. The average Bonchev–Trinajstić information content (AvgIpc) is 2.79. The number of hydrogen-bond donors (Lipinski definition) is 2. The summed E-state index contributed by atoms with van der Waals surface area (Å²) in [6, 6.07) is 19.3. The maximum atomic E-state index is 13.0. The molecule has 3 nitrogen and oxygen atoms in total. The number of para-hydroxylation sites is 2. The van der Waals surface area contributed by atoms with Crippen molar-refractivity contribution in [1.29, 1.82) is 0 Å². The van der Waals surface area contributed by atoms with Gasteiger partial charge < -0.3 is 16.2 Å². The fraction of sp³-hybridized carbons (Fsp3) is 0.0769. The van der Waals surface area contributed by atoms with Crippen LogP contribution in [0.1, 0.15) is 11.1 Å². The molecule has 0 heterocycles. The Morgan fingerprint density at radius 2 is 0.857 bits per heavy atom. The van der Waals surface area contributed by atoms with Gasteiger partial charge in [-0.2, -0.15) is 26.3 Å². The van der Waals surface area contributed by atoms with Crippen LogP contribution in [0.4, 0.5) is 37.7 Å². The smallest absolute Gasteiger partial charge is 0.416 e. The molecule has 180 valence electrons.